The Bertz CT molecular complexity index is 837. The van der Waals surface area contributed by atoms with Crippen molar-refractivity contribution in [1.29, 1.82) is 0 Å². The van der Waals surface area contributed by atoms with Crippen molar-refractivity contribution < 1.29 is 10.2 Å². The molecule has 0 saturated heterocycles. The van der Waals surface area contributed by atoms with Gasteiger partial charge in [0.15, 0.2) is 5.82 Å². The van der Waals surface area contributed by atoms with Crippen LogP contribution in [0.5, 0.6) is 5.75 Å². The normalized spacial score (nSPS) is 27.9. The van der Waals surface area contributed by atoms with Gasteiger partial charge in [-0.1, -0.05) is 18.0 Å². The molecule has 1 aromatic carbocycles. The van der Waals surface area contributed by atoms with E-state index in [0.29, 0.717) is 10.4 Å². The minimum Gasteiger partial charge on any atom is -0.508 e. The van der Waals surface area contributed by atoms with Crippen LogP contribution in [0.4, 0.5) is 0 Å². The number of aliphatic hydroxyl groups excluding tert-OH is 1. The number of aliphatic hydroxyl groups is 1. The molecule has 3 fully saturated rings. The Morgan fingerprint density at radius 2 is 1.82 bits per heavy atom. The van der Waals surface area contributed by atoms with Crippen molar-refractivity contribution in [2.45, 2.75) is 76.2 Å². The highest BCUT2D eigenvalue weighted by Gasteiger charge is 2.51. The third-order valence-electron chi connectivity index (χ3n) is 7.27. The molecule has 1 unspecified atom stereocenters. The number of nitrogens with zero attached hydrogens (tertiary/aromatic N) is 3. The molecule has 1 atom stereocenters. The Kier molecular flexibility index (Phi) is 5.17. The summed E-state index contributed by atoms with van der Waals surface area (Å²) < 4.78 is 2.10. The van der Waals surface area contributed by atoms with Gasteiger partial charge >= 0.3 is 0 Å². The van der Waals surface area contributed by atoms with E-state index in [1.807, 2.05) is 14.0 Å². The van der Waals surface area contributed by atoms with Crippen LogP contribution in [-0.2, 0) is 12.5 Å². The molecule has 0 aliphatic heterocycles. The number of phenolic OH excluding ortho intramolecular Hbond substituents is 1. The number of phenols is 1. The average Bonchev–Trinajstić information content (AvgIpc) is 3.05. The predicted molar refractivity (Wildman–Crippen MR) is 110 cm³/mol. The van der Waals surface area contributed by atoms with Gasteiger partial charge in [-0.15, -0.1) is 10.2 Å². The van der Waals surface area contributed by atoms with Crippen molar-refractivity contribution >= 4 is 11.6 Å². The van der Waals surface area contributed by atoms with E-state index in [0.717, 1.165) is 49.3 Å². The van der Waals surface area contributed by atoms with Crippen molar-refractivity contribution in [2.75, 3.05) is 0 Å². The van der Waals surface area contributed by atoms with E-state index >= 15 is 0 Å². The maximum Gasteiger partial charge on any atom is 0.165 e. The fraction of sp³-hybridized carbons (Fsp3) is 0.636. The van der Waals surface area contributed by atoms with Gasteiger partial charge in [-0.2, -0.15) is 0 Å². The molecule has 5 rings (SSSR count). The standard InChI is InChI=1S/C22H30ClN3O2/c1-15(27)4-3-7-21-8-11-22(12-9-21,13-10-21)20-25-24-19(26(20)2)17-6-5-16(28)14-18(17)23/h5-6,14-15,27-28H,3-4,7-13H2,1-2H3. The largest absolute Gasteiger partial charge is 0.508 e. The molecule has 5 nitrogen and oxygen atoms in total. The molecule has 3 saturated carbocycles. The quantitative estimate of drug-likeness (QED) is 0.713. The van der Waals surface area contributed by atoms with Crippen molar-refractivity contribution in [3.63, 3.8) is 0 Å². The Morgan fingerprint density at radius 3 is 2.43 bits per heavy atom. The summed E-state index contributed by atoms with van der Waals surface area (Å²) in [5, 5.41) is 28.8. The molecule has 28 heavy (non-hydrogen) atoms. The van der Waals surface area contributed by atoms with Gasteiger partial charge in [0.1, 0.15) is 11.6 Å². The van der Waals surface area contributed by atoms with Crippen molar-refractivity contribution in [3.05, 3.63) is 29.0 Å². The minimum absolute atomic E-state index is 0.120. The van der Waals surface area contributed by atoms with Crippen LogP contribution in [0, 0.1) is 5.41 Å². The molecule has 152 valence electrons. The number of hydrogen-bond donors (Lipinski definition) is 2. The molecular formula is C22H30ClN3O2. The van der Waals surface area contributed by atoms with Crippen LogP contribution in [0.2, 0.25) is 5.02 Å². The summed E-state index contributed by atoms with van der Waals surface area (Å²) in [6.45, 7) is 1.89. The van der Waals surface area contributed by atoms with Gasteiger partial charge in [-0.3, -0.25) is 0 Å². The zero-order valence-corrected chi connectivity index (χ0v) is 17.5. The van der Waals surface area contributed by atoms with Crippen LogP contribution in [0.1, 0.15) is 70.5 Å². The Balaban J connectivity index is 1.53. The Labute approximate surface area is 171 Å². The lowest BCUT2D eigenvalue weighted by Gasteiger charge is -2.53. The number of halogens is 1. The maximum atomic E-state index is 9.62. The first-order valence-electron chi connectivity index (χ1n) is 10.4. The summed E-state index contributed by atoms with van der Waals surface area (Å²) in [5.74, 6) is 1.99. The van der Waals surface area contributed by atoms with E-state index < -0.39 is 0 Å². The van der Waals surface area contributed by atoms with Crippen LogP contribution in [0.15, 0.2) is 18.2 Å². The van der Waals surface area contributed by atoms with Gasteiger partial charge in [-0.25, -0.2) is 0 Å². The summed E-state index contributed by atoms with van der Waals surface area (Å²) in [6.07, 6.45) is 10.3. The van der Waals surface area contributed by atoms with Gasteiger partial charge in [0.25, 0.3) is 0 Å². The fourth-order valence-corrected chi connectivity index (χ4v) is 5.72. The first kappa shape index (κ1) is 19.7. The number of benzene rings is 1. The smallest absolute Gasteiger partial charge is 0.165 e. The monoisotopic (exact) mass is 403 g/mol. The highest BCUT2D eigenvalue weighted by Crippen LogP contribution is 2.59. The molecule has 2 N–H and O–H groups in total. The van der Waals surface area contributed by atoms with Crippen LogP contribution in [-0.4, -0.2) is 31.1 Å². The lowest BCUT2D eigenvalue weighted by atomic mass is 9.52. The van der Waals surface area contributed by atoms with E-state index in [9.17, 15) is 10.2 Å². The molecule has 1 aromatic heterocycles. The van der Waals surface area contributed by atoms with Crippen molar-refractivity contribution in [1.82, 2.24) is 14.8 Å². The van der Waals surface area contributed by atoms with Crippen LogP contribution in [0.25, 0.3) is 11.4 Å². The Hall–Kier alpha value is -1.59. The zero-order valence-electron chi connectivity index (χ0n) is 16.8. The molecule has 6 heteroatoms. The highest BCUT2D eigenvalue weighted by molar-refractivity contribution is 6.33. The third-order valence-corrected chi connectivity index (χ3v) is 7.59. The number of hydrogen-bond acceptors (Lipinski definition) is 4. The second-order valence-corrected chi connectivity index (χ2v) is 9.50. The first-order valence-corrected chi connectivity index (χ1v) is 10.8. The zero-order chi connectivity index (χ0) is 19.9. The van der Waals surface area contributed by atoms with E-state index in [-0.39, 0.29) is 17.3 Å². The second kappa shape index (κ2) is 7.34. The predicted octanol–water partition coefficient (Wildman–Crippen LogP) is 4.98. The molecule has 0 spiro atoms. The summed E-state index contributed by atoms with van der Waals surface area (Å²) >= 11 is 6.34. The van der Waals surface area contributed by atoms with Crippen molar-refractivity contribution in [2.24, 2.45) is 12.5 Å². The lowest BCUT2D eigenvalue weighted by Crippen LogP contribution is -2.45. The highest BCUT2D eigenvalue weighted by atomic mass is 35.5. The summed E-state index contributed by atoms with van der Waals surface area (Å²) in [5.41, 5.74) is 1.39. The molecule has 2 bridgehead atoms. The lowest BCUT2D eigenvalue weighted by molar-refractivity contribution is 0.0224. The number of fused-ring (bicyclic) bond motifs is 3. The summed E-state index contributed by atoms with van der Waals surface area (Å²) in [6, 6.07) is 4.99. The molecule has 1 heterocycles. The SMILES string of the molecule is CC(O)CCCC12CCC(c3nnc(-c4ccc(O)cc4Cl)n3C)(CC1)CC2. The van der Waals surface area contributed by atoms with Gasteiger partial charge in [0, 0.05) is 18.0 Å². The first-order chi connectivity index (χ1) is 13.3. The van der Waals surface area contributed by atoms with E-state index in [4.69, 9.17) is 11.6 Å². The van der Waals surface area contributed by atoms with Gasteiger partial charge in [0.05, 0.1) is 11.1 Å². The average molecular weight is 404 g/mol. The number of rotatable bonds is 6. The van der Waals surface area contributed by atoms with E-state index in [1.54, 1.807) is 18.2 Å². The molecule has 3 aliphatic rings. The summed E-state index contributed by atoms with van der Waals surface area (Å²) in [7, 11) is 2.03. The van der Waals surface area contributed by atoms with E-state index in [1.165, 1.54) is 25.7 Å². The molecular weight excluding hydrogens is 374 g/mol. The van der Waals surface area contributed by atoms with E-state index in [2.05, 4.69) is 14.8 Å². The van der Waals surface area contributed by atoms with Crippen LogP contribution >= 0.6 is 11.6 Å². The van der Waals surface area contributed by atoms with Crippen molar-refractivity contribution in [3.8, 4) is 17.1 Å². The second-order valence-electron chi connectivity index (χ2n) is 9.09. The van der Waals surface area contributed by atoms with Crippen LogP contribution < -0.4 is 0 Å². The fourth-order valence-electron chi connectivity index (χ4n) is 5.46. The molecule has 0 radical (unpaired) electrons. The number of aromatic hydroxyl groups is 1. The molecule has 2 aromatic rings. The Morgan fingerprint density at radius 1 is 1.14 bits per heavy atom. The molecule has 0 amide bonds. The van der Waals surface area contributed by atoms with Gasteiger partial charge < -0.3 is 14.8 Å². The van der Waals surface area contributed by atoms with Crippen LogP contribution in [0.3, 0.4) is 0 Å². The minimum atomic E-state index is -0.188. The topological polar surface area (TPSA) is 71.2 Å². The van der Waals surface area contributed by atoms with Gasteiger partial charge in [0.2, 0.25) is 0 Å². The molecule has 3 aliphatic carbocycles. The summed E-state index contributed by atoms with van der Waals surface area (Å²) in [4.78, 5) is 0. The third kappa shape index (κ3) is 3.43. The van der Waals surface area contributed by atoms with Gasteiger partial charge in [-0.05, 0) is 81.9 Å². The number of aromatic nitrogens is 3. The maximum absolute atomic E-state index is 9.62.